The van der Waals surface area contributed by atoms with Crippen molar-refractivity contribution in [3.8, 4) is 0 Å². The summed E-state index contributed by atoms with van der Waals surface area (Å²) in [7, 11) is 0. The number of primary amides is 2. The molecular formula is C20H38N2O2. The fraction of sp³-hybridized carbons (Fsp3) is 0.900. The van der Waals surface area contributed by atoms with Crippen LogP contribution < -0.4 is 11.5 Å². The minimum Gasteiger partial charge on any atom is -0.369 e. The smallest absolute Gasteiger partial charge is 0.224 e. The summed E-state index contributed by atoms with van der Waals surface area (Å²) in [5, 5.41) is 0. The predicted molar refractivity (Wildman–Crippen MR) is 99.2 cm³/mol. The van der Waals surface area contributed by atoms with Gasteiger partial charge in [0.2, 0.25) is 11.8 Å². The number of hydrogen-bond donors (Lipinski definition) is 2. The number of nitrogens with two attached hydrogens (primary N) is 2. The molecule has 0 aromatic rings. The van der Waals surface area contributed by atoms with E-state index in [1.165, 1.54) is 38.5 Å². The van der Waals surface area contributed by atoms with Crippen LogP contribution in [0.1, 0.15) is 103 Å². The lowest BCUT2D eigenvalue weighted by Crippen LogP contribution is -2.48. The summed E-state index contributed by atoms with van der Waals surface area (Å²) in [6, 6.07) is 0. The molecule has 4 nitrogen and oxygen atoms in total. The standard InChI is InChI=1S/C20H38N2O2/c1-2-3-4-5-6-7-8-11-14-17(18(21)23)20(19(22)24)15-12-9-10-13-16-20/h17H,2-16H2,1H3,(H2,21,23)(H2,22,24). The van der Waals surface area contributed by atoms with Crippen LogP contribution in [-0.4, -0.2) is 11.8 Å². The van der Waals surface area contributed by atoms with Gasteiger partial charge in [-0.15, -0.1) is 0 Å². The molecule has 0 spiro atoms. The van der Waals surface area contributed by atoms with Gasteiger partial charge in [0.25, 0.3) is 0 Å². The molecule has 4 N–H and O–H groups in total. The summed E-state index contributed by atoms with van der Waals surface area (Å²) in [4.78, 5) is 24.3. The molecule has 1 fully saturated rings. The van der Waals surface area contributed by atoms with Gasteiger partial charge in [0, 0.05) is 0 Å². The van der Waals surface area contributed by atoms with Crippen LogP contribution in [0.25, 0.3) is 0 Å². The summed E-state index contributed by atoms with van der Waals surface area (Å²) in [6.07, 6.45) is 16.2. The molecule has 4 heteroatoms. The Labute approximate surface area is 148 Å². The van der Waals surface area contributed by atoms with Gasteiger partial charge < -0.3 is 11.5 Å². The number of amides is 2. The fourth-order valence-electron chi connectivity index (χ4n) is 4.30. The molecule has 0 bridgehead atoms. The first kappa shape index (κ1) is 21.0. The van der Waals surface area contributed by atoms with E-state index in [4.69, 9.17) is 11.5 Å². The first-order chi connectivity index (χ1) is 11.5. The number of rotatable bonds is 12. The Morgan fingerprint density at radius 1 is 0.833 bits per heavy atom. The van der Waals surface area contributed by atoms with Crippen LogP contribution in [0.2, 0.25) is 0 Å². The maximum absolute atomic E-state index is 12.2. The van der Waals surface area contributed by atoms with Crippen LogP contribution >= 0.6 is 0 Å². The monoisotopic (exact) mass is 338 g/mol. The Morgan fingerprint density at radius 3 is 1.79 bits per heavy atom. The second kappa shape index (κ2) is 11.5. The maximum atomic E-state index is 12.2. The summed E-state index contributed by atoms with van der Waals surface area (Å²) < 4.78 is 0. The second-order valence-corrected chi connectivity index (χ2v) is 7.65. The van der Waals surface area contributed by atoms with Crippen molar-refractivity contribution < 1.29 is 9.59 Å². The van der Waals surface area contributed by atoms with Crippen LogP contribution in [-0.2, 0) is 9.59 Å². The Kier molecular flexibility index (Phi) is 10.0. The highest BCUT2D eigenvalue weighted by Crippen LogP contribution is 2.43. The SMILES string of the molecule is CCCCCCCCCCC(C(N)=O)C1(C(N)=O)CCCCCC1. The Hall–Kier alpha value is -1.06. The molecule has 0 aliphatic heterocycles. The van der Waals surface area contributed by atoms with E-state index in [0.29, 0.717) is 6.42 Å². The van der Waals surface area contributed by atoms with Crippen LogP contribution in [0, 0.1) is 11.3 Å². The molecule has 1 atom stereocenters. The Bertz CT molecular complexity index is 374. The lowest BCUT2D eigenvalue weighted by molar-refractivity contribution is -0.140. The summed E-state index contributed by atoms with van der Waals surface area (Å²) in [5.41, 5.74) is 10.8. The van der Waals surface area contributed by atoms with Gasteiger partial charge in [0.05, 0.1) is 11.3 Å². The van der Waals surface area contributed by atoms with Crippen molar-refractivity contribution in [3.05, 3.63) is 0 Å². The van der Waals surface area contributed by atoms with Gasteiger partial charge in [-0.1, -0.05) is 84.0 Å². The molecule has 0 saturated heterocycles. The fourth-order valence-corrected chi connectivity index (χ4v) is 4.30. The van der Waals surface area contributed by atoms with Crippen LogP contribution in [0.4, 0.5) is 0 Å². The van der Waals surface area contributed by atoms with E-state index in [-0.39, 0.29) is 17.7 Å². The van der Waals surface area contributed by atoms with E-state index in [1.54, 1.807) is 0 Å². The number of carbonyl (C=O) groups excluding carboxylic acids is 2. The average molecular weight is 339 g/mol. The third-order valence-corrected chi connectivity index (χ3v) is 5.84. The first-order valence-corrected chi connectivity index (χ1v) is 10.1. The zero-order valence-electron chi connectivity index (χ0n) is 15.7. The van der Waals surface area contributed by atoms with E-state index in [2.05, 4.69) is 6.92 Å². The minimum absolute atomic E-state index is 0.312. The summed E-state index contributed by atoms with van der Waals surface area (Å²) >= 11 is 0. The Morgan fingerprint density at radius 2 is 1.33 bits per heavy atom. The molecule has 0 aromatic carbocycles. The number of unbranched alkanes of at least 4 members (excludes halogenated alkanes) is 7. The van der Waals surface area contributed by atoms with Gasteiger partial charge in [-0.25, -0.2) is 0 Å². The largest absolute Gasteiger partial charge is 0.369 e. The first-order valence-electron chi connectivity index (χ1n) is 10.1. The third-order valence-electron chi connectivity index (χ3n) is 5.84. The lowest BCUT2D eigenvalue weighted by Gasteiger charge is -2.36. The van der Waals surface area contributed by atoms with Crippen molar-refractivity contribution in [3.63, 3.8) is 0 Å². The highest BCUT2D eigenvalue weighted by molar-refractivity contribution is 5.89. The molecule has 140 valence electrons. The number of carbonyl (C=O) groups is 2. The molecule has 1 aliphatic carbocycles. The van der Waals surface area contributed by atoms with Crippen molar-refractivity contribution in [1.29, 1.82) is 0 Å². The van der Waals surface area contributed by atoms with E-state index in [9.17, 15) is 9.59 Å². The molecule has 1 rings (SSSR count). The van der Waals surface area contributed by atoms with E-state index in [1.807, 2.05) is 0 Å². The molecule has 1 saturated carbocycles. The van der Waals surface area contributed by atoms with Crippen LogP contribution in [0.5, 0.6) is 0 Å². The molecule has 0 aromatic heterocycles. The second-order valence-electron chi connectivity index (χ2n) is 7.65. The normalized spacial score (nSPS) is 18.7. The van der Waals surface area contributed by atoms with Gasteiger partial charge in [0.15, 0.2) is 0 Å². The van der Waals surface area contributed by atoms with E-state index in [0.717, 1.165) is 51.4 Å². The average Bonchev–Trinajstić information content (AvgIpc) is 2.80. The maximum Gasteiger partial charge on any atom is 0.224 e. The van der Waals surface area contributed by atoms with Gasteiger partial charge in [0.1, 0.15) is 0 Å². The highest BCUT2D eigenvalue weighted by Gasteiger charge is 2.46. The van der Waals surface area contributed by atoms with Gasteiger partial charge in [-0.3, -0.25) is 9.59 Å². The van der Waals surface area contributed by atoms with Crippen molar-refractivity contribution in [2.45, 2.75) is 103 Å². The predicted octanol–water partition coefficient (Wildman–Crippen LogP) is 4.44. The highest BCUT2D eigenvalue weighted by atomic mass is 16.2. The van der Waals surface area contributed by atoms with Gasteiger partial charge in [-0.2, -0.15) is 0 Å². The van der Waals surface area contributed by atoms with Crippen LogP contribution in [0.15, 0.2) is 0 Å². The molecule has 0 radical (unpaired) electrons. The zero-order chi connectivity index (χ0) is 17.8. The lowest BCUT2D eigenvalue weighted by atomic mass is 9.67. The van der Waals surface area contributed by atoms with E-state index < -0.39 is 5.41 Å². The molecule has 1 unspecified atom stereocenters. The van der Waals surface area contributed by atoms with Crippen molar-refractivity contribution in [2.24, 2.45) is 22.8 Å². The van der Waals surface area contributed by atoms with Crippen LogP contribution in [0.3, 0.4) is 0 Å². The molecule has 2 amide bonds. The van der Waals surface area contributed by atoms with Crippen molar-refractivity contribution in [1.82, 2.24) is 0 Å². The Balaban J connectivity index is 2.49. The molecule has 0 heterocycles. The molecular weight excluding hydrogens is 300 g/mol. The molecule has 1 aliphatic rings. The quantitative estimate of drug-likeness (QED) is 0.407. The van der Waals surface area contributed by atoms with Crippen molar-refractivity contribution >= 4 is 11.8 Å². The van der Waals surface area contributed by atoms with Gasteiger partial charge in [-0.05, 0) is 19.3 Å². The number of hydrogen-bond acceptors (Lipinski definition) is 2. The molecule has 24 heavy (non-hydrogen) atoms. The minimum atomic E-state index is -0.691. The zero-order valence-corrected chi connectivity index (χ0v) is 15.7. The third kappa shape index (κ3) is 6.45. The summed E-state index contributed by atoms with van der Waals surface area (Å²) in [6.45, 7) is 2.23. The van der Waals surface area contributed by atoms with E-state index >= 15 is 0 Å². The van der Waals surface area contributed by atoms with Crippen molar-refractivity contribution in [2.75, 3.05) is 0 Å². The van der Waals surface area contributed by atoms with Gasteiger partial charge >= 0.3 is 0 Å². The summed E-state index contributed by atoms with van der Waals surface area (Å²) in [5.74, 6) is -1.03. The topological polar surface area (TPSA) is 86.2 Å².